The molecule has 0 heterocycles. The third kappa shape index (κ3) is 9.19. The standard InChI is InChI=1S/C4H8FNO.ClH/c5-3-1-2-4(6)7;/h1-3H2,(H2,6,7);1H. The minimum Gasteiger partial charge on any atom is -0.370 e. The molecule has 0 saturated heterocycles. The monoisotopic (exact) mass is 141 g/mol. The van der Waals surface area contributed by atoms with E-state index in [1.165, 1.54) is 0 Å². The fourth-order valence-electron chi connectivity index (χ4n) is 0.241. The van der Waals surface area contributed by atoms with Gasteiger partial charge in [-0.1, -0.05) is 0 Å². The van der Waals surface area contributed by atoms with Gasteiger partial charge in [0.05, 0.1) is 6.67 Å². The third-order valence-corrected chi connectivity index (χ3v) is 0.557. The van der Waals surface area contributed by atoms with Crippen LogP contribution in [0.25, 0.3) is 0 Å². The number of halogens is 2. The first-order valence-corrected chi connectivity index (χ1v) is 2.11. The highest BCUT2D eigenvalue weighted by Gasteiger charge is 1.89. The molecule has 0 unspecified atom stereocenters. The molecule has 0 atom stereocenters. The molecule has 4 heteroatoms. The van der Waals surface area contributed by atoms with E-state index in [0.717, 1.165) is 0 Å². The summed E-state index contributed by atoms with van der Waals surface area (Å²) in [5.41, 5.74) is 4.67. The van der Waals surface area contributed by atoms with Crippen molar-refractivity contribution in [3.05, 3.63) is 0 Å². The molecule has 2 N–H and O–H groups in total. The summed E-state index contributed by atoms with van der Waals surface area (Å²) in [4.78, 5) is 9.81. The van der Waals surface area contributed by atoms with Crippen molar-refractivity contribution in [2.45, 2.75) is 12.8 Å². The predicted molar refractivity (Wildman–Crippen MR) is 31.7 cm³/mol. The van der Waals surface area contributed by atoms with Gasteiger partial charge in [0.15, 0.2) is 0 Å². The average Bonchev–Trinajstić information content (AvgIpc) is 1.61. The second-order valence-electron chi connectivity index (χ2n) is 1.26. The molecule has 0 fully saturated rings. The van der Waals surface area contributed by atoms with Crippen molar-refractivity contribution in [2.75, 3.05) is 6.67 Å². The Balaban J connectivity index is 0. The highest BCUT2D eigenvalue weighted by atomic mass is 35.5. The minimum absolute atomic E-state index is 0. The van der Waals surface area contributed by atoms with Crippen LogP contribution in [0, 0.1) is 0 Å². The summed E-state index contributed by atoms with van der Waals surface area (Å²) < 4.78 is 11.1. The Bertz CT molecular complexity index is 69.1. The van der Waals surface area contributed by atoms with Crippen molar-refractivity contribution < 1.29 is 9.18 Å². The number of alkyl halides is 1. The van der Waals surface area contributed by atoms with E-state index in [-0.39, 0.29) is 25.2 Å². The summed E-state index contributed by atoms with van der Waals surface area (Å²) in [7, 11) is 0. The maximum Gasteiger partial charge on any atom is 0.217 e. The van der Waals surface area contributed by atoms with E-state index in [4.69, 9.17) is 0 Å². The Labute approximate surface area is 53.7 Å². The summed E-state index contributed by atoms with van der Waals surface area (Å²) in [5.74, 6) is -0.433. The molecule has 0 aromatic rings. The number of hydrogen-bond donors (Lipinski definition) is 1. The summed E-state index contributed by atoms with van der Waals surface area (Å²) in [5, 5.41) is 0. The highest BCUT2D eigenvalue weighted by Crippen LogP contribution is 1.85. The van der Waals surface area contributed by atoms with Gasteiger partial charge in [-0.25, -0.2) is 0 Å². The molecule has 2 nitrogen and oxygen atoms in total. The van der Waals surface area contributed by atoms with Gasteiger partial charge in [-0.3, -0.25) is 9.18 Å². The number of carbonyl (C=O) groups excluding carboxylic acids is 1. The number of hydrogen-bond acceptors (Lipinski definition) is 1. The van der Waals surface area contributed by atoms with Gasteiger partial charge in [0.2, 0.25) is 5.91 Å². The smallest absolute Gasteiger partial charge is 0.217 e. The average molecular weight is 142 g/mol. The quantitative estimate of drug-likeness (QED) is 0.616. The zero-order valence-corrected chi connectivity index (χ0v) is 5.21. The van der Waals surface area contributed by atoms with Crippen LogP contribution >= 0.6 is 12.4 Å². The van der Waals surface area contributed by atoms with Gasteiger partial charge < -0.3 is 5.73 Å². The van der Waals surface area contributed by atoms with Crippen LogP contribution in [0.3, 0.4) is 0 Å². The largest absolute Gasteiger partial charge is 0.370 e. The van der Waals surface area contributed by atoms with E-state index < -0.39 is 12.6 Å². The van der Waals surface area contributed by atoms with Gasteiger partial charge in [-0.2, -0.15) is 0 Å². The second-order valence-corrected chi connectivity index (χ2v) is 1.26. The van der Waals surface area contributed by atoms with E-state index in [2.05, 4.69) is 5.73 Å². The SMILES string of the molecule is Cl.NC(=O)CCCF. The van der Waals surface area contributed by atoms with Gasteiger partial charge in [0.1, 0.15) is 0 Å². The molecule has 0 aliphatic carbocycles. The molecule has 0 aliphatic heterocycles. The van der Waals surface area contributed by atoms with Gasteiger partial charge >= 0.3 is 0 Å². The molecule has 1 amide bonds. The second kappa shape index (κ2) is 6.69. The van der Waals surface area contributed by atoms with Gasteiger partial charge in [0, 0.05) is 6.42 Å². The topological polar surface area (TPSA) is 43.1 Å². The van der Waals surface area contributed by atoms with Crippen LogP contribution in [0.1, 0.15) is 12.8 Å². The first-order valence-electron chi connectivity index (χ1n) is 2.11. The molecule has 0 aromatic heterocycles. The van der Waals surface area contributed by atoms with Crippen LogP contribution in [0.15, 0.2) is 0 Å². The number of rotatable bonds is 3. The number of primary amides is 1. The lowest BCUT2D eigenvalue weighted by Crippen LogP contribution is -2.09. The zero-order valence-electron chi connectivity index (χ0n) is 4.39. The lowest BCUT2D eigenvalue weighted by atomic mass is 10.3. The Hall–Kier alpha value is -0.310. The van der Waals surface area contributed by atoms with Gasteiger partial charge in [-0.05, 0) is 6.42 Å². The van der Waals surface area contributed by atoms with Gasteiger partial charge in [-0.15, -0.1) is 12.4 Å². The molecule has 8 heavy (non-hydrogen) atoms. The summed E-state index contributed by atoms with van der Waals surface area (Å²) >= 11 is 0. The molecular weight excluding hydrogens is 133 g/mol. The first kappa shape index (κ1) is 10.6. The summed E-state index contributed by atoms with van der Waals surface area (Å²) in [6.07, 6.45) is 0.422. The van der Waals surface area contributed by atoms with Crippen molar-refractivity contribution in [1.29, 1.82) is 0 Å². The number of amides is 1. The molecule has 0 bridgehead atoms. The molecule has 50 valence electrons. The summed E-state index contributed by atoms with van der Waals surface area (Å²) in [6, 6.07) is 0. The van der Waals surface area contributed by atoms with Crippen molar-refractivity contribution in [2.24, 2.45) is 5.73 Å². The molecule has 0 rings (SSSR count). The molecule has 0 aromatic carbocycles. The van der Waals surface area contributed by atoms with Crippen molar-refractivity contribution >= 4 is 18.3 Å². The van der Waals surface area contributed by atoms with Crippen LogP contribution in [0.4, 0.5) is 4.39 Å². The van der Waals surface area contributed by atoms with Crippen molar-refractivity contribution in [3.63, 3.8) is 0 Å². The normalized spacial score (nSPS) is 7.62. The maximum absolute atomic E-state index is 11.1. The number of carbonyl (C=O) groups is 1. The molecule has 0 saturated carbocycles. The maximum atomic E-state index is 11.1. The Morgan fingerprint density at radius 2 is 2.12 bits per heavy atom. The van der Waals surface area contributed by atoms with Crippen LogP contribution < -0.4 is 5.73 Å². The van der Waals surface area contributed by atoms with Crippen LogP contribution in [0.5, 0.6) is 0 Å². The van der Waals surface area contributed by atoms with E-state index in [1.807, 2.05) is 0 Å². The third-order valence-electron chi connectivity index (χ3n) is 0.557. The van der Waals surface area contributed by atoms with E-state index in [0.29, 0.717) is 0 Å². The highest BCUT2D eigenvalue weighted by molar-refractivity contribution is 5.85. The first-order chi connectivity index (χ1) is 3.27. The van der Waals surface area contributed by atoms with E-state index >= 15 is 0 Å². The predicted octanol–water partition coefficient (Wildman–Crippen LogP) is 0.643. The molecule has 0 radical (unpaired) electrons. The lowest BCUT2D eigenvalue weighted by molar-refractivity contribution is -0.118. The fourth-order valence-corrected chi connectivity index (χ4v) is 0.241. The Morgan fingerprint density at radius 1 is 1.62 bits per heavy atom. The lowest BCUT2D eigenvalue weighted by Gasteiger charge is -1.85. The minimum atomic E-state index is -0.455. The Kier molecular flexibility index (Phi) is 8.89. The van der Waals surface area contributed by atoms with Crippen molar-refractivity contribution in [1.82, 2.24) is 0 Å². The number of nitrogens with two attached hydrogens (primary N) is 1. The molecule has 0 aliphatic rings. The van der Waals surface area contributed by atoms with E-state index in [9.17, 15) is 9.18 Å². The van der Waals surface area contributed by atoms with Crippen LogP contribution in [-0.4, -0.2) is 12.6 Å². The van der Waals surface area contributed by atoms with Crippen molar-refractivity contribution in [3.8, 4) is 0 Å². The molecular formula is C4H9ClFNO. The van der Waals surface area contributed by atoms with Gasteiger partial charge in [0.25, 0.3) is 0 Å². The fraction of sp³-hybridized carbons (Fsp3) is 0.750. The summed E-state index contributed by atoms with van der Waals surface area (Å²) in [6.45, 7) is -0.455. The Morgan fingerprint density at radius 3 is 2.25 bits per heavy atom. The van der Waals surface area contributed by atoms with E-state index in [1.54, 1.807) is 0 Å². The molecule has 0 spiro atoms. The van der Waals surface area contributed by atoms with Crippen LogP contribution in [0.2, 0.25) is 0 Å². The van der Waals surface area contributed by atoms with Crippen LogP contribution in [-0.2, 0) is 4.79 Å². The zero-order chi connectivity index (χ0) is 5.70.